The Bertz CT molecular complexity index is 979. The van der Waals surface area contributed by atoms with E-state index >= 15 is 0 Å². The molecular weight excluding hydrogens is 364 g/mol. The van der Waals surface area contributed by atoms with E-state index in [1.807, 2.05) is 24.3 Å². The van der Waals surface area contributed by atoms with Gasteiger partial charge in [0.15, 0.2) is 5.96 Å². The van der Waals surface area contributed by atoms with Crippen LogP contribution in [0.2, 0.25) is 0 Å². The molecule has 6 N–H and O–H groups in total. The summed E-state index contributed by atoms with van der Waals surface area (Å²) in [7, 11) is 0. The molecule has 1 saturated heterocycles. The average Bonchev–Trinajstić information content (AvgIpc) is 2.77. The number of aliphatic imine (C=N–C) groups is 1. The number of piperazine rings is 1. The summed E-state index contributed by atoms with van der Waals surface area (Å²) in [6.07, 6.45) is 4.98. The number of nitrogens with one attached hydrogen (secondary N) is 2. The van der Waals surface area contributed by atoms with Crippen LogP contribution in [0.5, 0.6) is 0 Å². The van der Waals surface area contributed by atoms with Crippen molar-refractivity contribution >= 4 is 28.7 Å². The van der Waals surface area contributed by atoms with E-state index in [1.165, 1.54) is 12.0 Å². The Balaban J connectivity index is 1.48. The summed E-state index contributed by atoms with van der Waals surface area (Å²) >= 11 is 0. The zero-order chi connectivity index (χ0) is 20.1. The molecule has 0 aliphatic carbocycles. The maximum Gasteiger partial charge on any atom is 0.198 e. The third kappa shape index (κ3) is 4.61. The van der Waals surface area contributed by atoms with Crippen LogP contribution in [0.15, 0.2) is 66.2 Å². The Labute approximate surface area is 169 Å². The molecule has 29 heavy (non-hydrogen) atoms. The van der Waals surface area contributed by atoms with Gasteiger partial charge in [-0.2, -0.15) is 0 Å². The van der Waals surface area contributed by atoms with E-state index in [0.717, 1.165) is 43.0 Å². The fourth-order valence-corrected chi connectivity index (χ4v) is 3.25. The minimum atomic E-state index is 0.271. The third-order valence-electron chi connectivity index (χ3n) is 4.79. The number of hydrogen-bond acceptors (Lipinski definition) is 6. The van der Waals surface area contributed by atoms with Crippen molar-refractivity contribution in [1.29, 1.82) is 0 Å². The Morgan fingerprint density at radius 1 is 1.00 bits per heavy atom. The molecule has 1 aliphatic heterocycles. The summed E-state index contributed by atoms with van der Waals surface area (Å²) < 4.78 is 0. The van der Waals surface area contributed by atoms with Crippen molar-refractivity contribution in [3.05, 3.63) is 61.2 Å². The molecule has 1 aliphatic rings. The number of hydrogen-bond donors (Lipinski definition) is 4. The fraction of sp³-hybridized carbons (Fsp3) is 0.190. The smallest absolute Gasteiger partial charge is 0.198 e. The maximum atomic E-state index is 6.12. The number of benzene rings is 2. The minimum Gasteiger partial charge on any atom is -0.397 e. The van der Waals surface area contributed by atoms with Crippen LogP contribution in [-0.4, -0.2) is 42.1 Å². The molecule has 4 rings (SSSR count). The van der Waals surface area contributed by atoms with Gasteiger partial charge in [-0.05, 0) is 42.0 Å². The number of nitrogens with two attached hydrogens (primary N) is 2. The van der Waals surface area contributed by atoms with Crippen LogP contribution in [0.4, 0.5) is 22.7 Å². The molecule has 0 amide bonds. The number of aromatic nitrogens is 2. The minimum absolute atomic E-state index is 0.271. The van der Waals surface area contributed by atoms with Crippen LogP contribution < -0.4 is 27.0 Å². The second-order valence-electron chi connectivity index (χ2n) is 6.81. The van der Waals surface area contributed by atoms with Crippen LogP contribution in [-0.2, 0) is 0 Å². The molecule has 8 heteroatoms. The lowest BCUT2D eigenvalue weighted by molar-refractivity contribution is 0.589. The predicted molar refractivity (Wildman–Crippen MR) is 118 cm³/mol. The fourth-order valence-electron chi connectivity index (χ4n) is 3.25. The highest BCUT2D eigenvalue weighted by molar-refractivity contribution is 5.95. The van der Waals surface area contributed by atoms with Gasteiger partial charge >= 0.3 is 0 Å². The van der Waals surface area contributed by atoms with Gasteiger partial charge in [0.25, 0.3) is 0 Å². The van der Waals surface area contributed by atoms with Crippen LogP contribution in [0.1, 0.15) is 0 Å². The summed E-state index contributed by atoms with van der Waals surface area (Å²) in [5, 5.41) is 6.48. The van der Waals surface area contributed by atoms with E-state index in [4.69, 9.17) is 11.5 Å². The second-order valence-corrected chi connectivity index (χ2v) is 6.81. The zero-order valence-corrected chi connectivity index (χ0v) is 16.0. The highest BCUT2D eigenvalue weighted by Gasteiger charge is 2.10. The first kappa shape index (κ1) is 18.7. The van der Waals surface area contributed by atoms with Gasteiger partial charge in [0.2, 0.25) is 0 Å². The zero-order valence-electron chi connectivity index (χ0n) is 16.0. The first-order valence-corrected chi connectivity index (χ1v) is 9.51. The van der Waals surface area contributed by atoms with Gasteiger partial charge in [-0.1, -0.05) is 6.07 Å². The molecular formula is C21H24N8. The van der Waals surface area contributed by atoms with Gasteiger partial charge in [0.05, 0.1) is 11.4 Å². The third-order valence-corrected chi connectivity index (χ3v) is 4.79. The SMILES string of the molecule is NC(=Nc1cc(-c2cncnc2)ccc1N)Nc1ccc(N2CCNCC2)cc1. The van der Waals surface area contributed by atoms with Crippen molar-refractivity contribution in [3.63, 3.8) is 0 Å². The molecule has 0 unspecified atom stereocenters. The molecule has 2 heterocycles. The molecule has 1 fully saturated rings. The van der Waals surface area contributed by atoms with Gasteiger partial charge < -0.3 is 27.0 Å². The van der Waals surface area contributed by atoms with Crippen molar-refractivity contribution < 1.29 is 0 Å². The first-order valence-electron chi connectivity index (χ1n) is 9.51. The summed E-state index contributed by atoms with van der Waals surface area (Å²) in [6.45, 7) is 4.04. The lowest BCUT2D eigenvalue weighted by Gasteiger charge is -2.29. The molecule has 0 saturated carbocycles. The molecule has 1 aromatic heterocycles. The van der Waals surface area contributed by atoms with Crippen molar-refractivity contribution in [3.8, 4) is 11.1 Å². The van der Waals surface area contributed by atoms with Crippen LogP contribution in [0.25, 0.3) is 11.1 Å². The molecule has 0 spiro atoms. The molecule has 0 bridgehead atoms. The number of anilines is 3. The molecule has 2 aromatic carbocycles. The normalized spacial score (nSPS) is 14.6. The van der Waals surface area contributed by atoms with Gasteiger partial charge in [-0.25, -0.2) is 15.0 Å². The maximum absolute atomic E-state index is 6.12. The Hall–Kier alpha value is -3.65. The monoisotopic (exact) mass is 388 g/mol. The predicted octanol–water partition coefficient (Wildman–Crippen LogP) is 2.19. The summed E-state index contributed by atoms with van der Waals surface area (Å²) in [4.78, 5) is 14.9. The van der Waals surface area contributed by atoms with Crippen molar-refractivity contribution in [2.45, 2.75) is 0 Å². The van der Waals surface area contributed by atoms with E-state index < -0.39 is 0 Å². The lowest BCUT2D eigenvalue weighted by atomic mass is 10.1. The highest BCUT2D eigenvalue weighted by Crippen LogP contribution is 2.28. The van der Waals surface area contributed by atoms with Gasteiger partial charge in [-0.3, -0.25) is 0 Å². The van der Waals surface area contributed by atoms with E-state index in [1.54, 1.807) is 18.5 Å². The summed E-state index contributed by atoms with van der Waals surface area (Å²) in [6, 6.07) is 13.8. The van der Waals surface area contributed by atoms with Gasteiger partial charge in [0, 0.05) is 55.5 Å². The lowest BCUT2D eigenvalue weighted by Crippen LogP contribution is -2.43. The van der Waals surface area contributed by atoms with Crippen LogP contribution >= 0.6 is 0 Å². The highest BCUT2D eigenvalue weighted by atomic mass is 15.2. The van der Waals surface area contributed by atoms with E-state index in [2.05, 4.69) is 42.6 Å². The number of guanidine groups is 1. The van der Waals surface area contributed by atoms with Crippen molar-refractivity contribution in [1.82, 2.24) is 15.3 Å². The summed E-state index contributed by atoms with van der Waals surface area (Å²) in [5.41, 5.74) is 17.2. The summed E-state index contributed by atoms with van der Waals surface area (Å²) in [5.74, 6) is 0.271. The second kappa shape index (κ2) is 8.57. The topological polar surface area (TPSA) is 117 Å². The number of nitrogen functional groups attached to an aromatic ring is 1. The number of nitrogens with zero attached hydrogens (tertiary/aromatic N) is 4. The molecule has 3 aromatic rings. The van der Waals surface area contributed by atoms with Crippen molar-refractivity contribution in [2.75, 3.05) is 42.1 Å². The first-order chi connectivity index (χ1) is 14.2. The van der Waals surface area contributed by atoms with Gasteiger partial charge in [0.1, 0.15) is 6.33 Å². The van der Waals surface area contributed by atoms with Gasteiger partial charge in [-0.15, -0.1) is 0 Å². The van der Waals surface area contributed by atoms with Crippen LogP contribution in [0, 0.1) is 0 Å². The Morgan fingerprint density at radius 2 is 1.72 bits per heavy atom. The van der Waals surface area contributed by atoms with E-state index in [9.17, 15) is 0 Å². The largest absolute Gasteiger partial charge is 0.397 e. The van der Waals surface area contributed by atoms with Crippen molar-refractivity contribution in [2.24, 2.45) is 10.7 Å². The van der Waals surface area contributed by atoms with E-state index in [-0.39, 0.29) is 5.96 Å². The Morgan fingerprint density at radius 3 is 2.45 bits per heavy atom. The standard InChI is InChI=1S/C21H24N8/c22-19-6-1-15(16-12-25-14-26-13-16)11-20(19)28-21(23)27-17-2-4-18(5-3-17)29-9-7-24-8-10-29/h1-6,11-14,24H,7-10,22H2,(H3,23,27,28). The molecule has 0 radical (unpaired) electrons. The number of rotatable bonds is 4. The van der Waals surface area contributed by atoms with Crippen LogP contribution in [0.3, 0.4) is 0 Å². The molecule has 0 atom stereocenters. The average molecular weight is 388 g/mol. The van der Waals surface area contributed by atoms with E-state index in [0.29, 0.717) is 11.4 Å². The molecule has 148 valence electrons. The molecule has 8 nitrogen and oxygen atoms in total. The Kier molecular flexibility index (Phi) is 5.53. The quantitative estimate of drug-likeness (QED) is 0.307.